The fourth-order valence-corrected chi connectivity index (χ4v) is 2.99. The smallest absolute Gasteiger partial charge is 0.251 e. The van der Waals surface area contributed by atoms with Crippen LogP contribution >= 0.6 is 0 Å². The molecule has 0 aliphatic carbocycles. The number of aromatic nitrogens is 1. The number of nitriles is 1. The molecule has 5 heteroatoms. The van der Waals surface area contributed by atoms with E-state index in [4.69, 9.17) is 0 Å². The van der Waals surface area contributed by atoms with Crippen LogP contribution in [0.15, 0.2) is 48.7 Å². The van der Waals surface area contributed by atoms with E-state index in [1.807, 2.05) is 38.1 Å². The monoisotopic (exact) mass is 344 g/mol. The summed E-state index contributed by atoms with van der Waals surface area (Å²) in [4.78, 5) is 16.5. The van der Waals surface area contributed by atoms with Crippen LogP contribution in [0, 0.1) is 25.2 Å². The number of fused-ring (bicyclic) bond motifs is 1. The van der Waals surface area contributed by atoms with E-state index in [0.717, 1.165) is 27.7 Å². The van der Waals surface area contributed by atoms with Crippen LogP contribution in [-0.4, -0.2) is 24.0 Å². The summed E-state index contributed by atoms with van der Waals surface area (Å²) in [6, 6.07) is 15.4. The standard InChI is InChI=1S/C21H20N4O/c1-14-10-15(2)19-18(11-14)20(17(12-22)13-25-19)23-8-9-24-21(26)16-6-4-3-5-7-16/h3-7,10-11,13H,8-9H2,1-2H3,(H,23,25)(H,24,26). The molecule has 2 N–H and O–H groups in total. The van der Waals surface area contributed by atoms with E-state index >= 15 is 0 Å². The van der Waals surface area contributed by atoms with Crippen molar-refractivity contribution in [2.75, 3.05) is 18.4 Å². The molecule has 3 rings (SSSR count). The number of amides is 1. The van der Waals surface area contributed by atoms with E-state index < -0.39 is 0 Å². The highest BCUT2D eigenvalue weighted by Gasteiger charge is 2.11. The summed E-state index contributed by atoms with van der Waals surface area (Å²) in [6.45, 7) is 5.00. The first kappa shape index (κ1) is 17.4. The molecule has 0 aliphatic heterocycles. The molecule has 2 aromatic carbocycles. The first-order chi connectivity index (χ1) is 12.6. The third-order valence-corrected chi connectivity index (χ3v) is 4.18. The van der Waals surface area contributed by atoms with Gasteiger partial charge in [0, 0.05) is 30.2 Å². The molecule has 0 spiro atoms. The number of carbonyl (C=O) groups is 1. The van der Waals surface area contributed by atoms with Crippen molar-refractivity contribution in [3.05, 3.63) is 70.9 Å². The maximum Gasteiger partial charge on any atom is 0.251 e. The lowest BCUT2D eigenvalue weighted by Gasteiger charge is -2.13. The van der Waals surface area contributed by atoms with Crippen molar-refractivity contribution in [1.82, 2.24) is 10.3 Å². The highest BCUT2D eigenvalue weighted by molar-refractivity contribution is 5.96. The normalized spacial score (nSPS) is 10.3. The van der Waals surface area contributed by atoms with Gasteiger partial charge in [-0.05, 0) is 37.6 Å². The topological polar surface area (TPSA) is 77.8 Å². The Morgan fingerprint density at radius 3 is 2.65 bits per heavy atom. The fraction of sp³-hybridized carbons (Fsp3) is 0.190. The highest BCUT2D eigenvalue weighted by atomic mass is 16.1. The number of anilines is 1. The fourth-order valence-electron chi connectivity index (χ4n) is 2.99. The molecule has 0 unspecified atom stereocenters. The lowest BCUT2D eigenvalue weighted by molar-refractivity contribution is 0.0955. The summed E-state index contributed by atoms with van der Waals surface area (Å²) in [5, 5.41) is 16.5. The van der Waals surface area contributed by atoms with Gasteiger partial charge in [-0.15, -0.1) is 0 Å². The van der Waals surface area contributed by atoms with Crippen molar-refractivity contribution in [2.45, 2.75) is 13.8 Å². The maximum absolute atomic E-state index is 12.1. The van der Waals surface area contributed by atoms with Gasteiger partial charge in [-0.1, -0.05) is 29.8 Å². The van der Waals surface area contributed by atoms with Gasteiger partial charge in [0.15, 0.2) is 0 Å². The Labute approximate surface area is 152 Å². The molecule has 0 fully saturated rings. The Kier molecular flexibility index (Phi) is 5.14. The summed E-state index contributed by atoms with van der Waals surface area (Å²) in [7, 11) is 0. The lowest BCUT2D eigenvalue weighted by Crippen LogP contribution is -2.28. The minimum Gasteiger partial charge on any atom is -0.382 e. The van der Waals surface area contributed by atoms with Crippen LogP contribution in [-0.2, 0) is 0 Å². The molecule has 1 aromatic heterocycles. The number of rotatable bonds is 5. The van der Waals surface area contributed by atoms with E-state index in [0.29, 0.717) is 24.2 Å². The second kappa shape index (κ2) is 7.66. The predicted molar refractivity (Wildman–Crippen MR) is 103 cm³/mol. The van der Waals surface area contributed by atoms with Crippen LogP contribution in [0.2, 0.25) is 0 Å². The second-order valence-electron chi connectivity index (χ2n) is 6.19. The molecule has 130 valence electrons. The largest absolute Gasteiger partial charge is 0.382 e. The zero-order chi connectivity index (χ0) is 18.5. The van der Waals surface area contributed by atoms with Crippen LogP contribution in [0.1, 0.15) is 27.0 Å². The van der Waals surface area contributed by atoms with E-state index in [9.17, 15) is 10.1 Å². The van der Waals surface area contributed by atoms with Crippen molar-refractivity contribution in [3.63, 3.8) is 0 Å². The minimum atomic E-state index is -0.112. The van der Waals surface area contributed by atoms with E-state index in [-0.39, 0.29) is 5.91 Å². The van der Waals surface area contributed by atoms with Crippen LogP contribution in [0.3, 0.4) is 0 Å². The quantitative estimate of drug-likeness (QED) is 0.694. The molecule has 5 nitrogen and oxygen atoms in total. The van der Waals surface area contributed by atoms with Gasteiger partial charge < -0.3 is 10.6 Å². The second-order valence-corrected chi connectivity index (χ2v) is 6.19. The number of nitrogens with zero attached hydrogens (tertiary/aromatic N) is 2. The summed E-state index contributed by atoms with van der Waals surface area (Å²) in [5.41, 5.74) is 4.96. The Balaban J connectivity index is 1.74. The van der Waals surface area contributed by atoms with Gasteiger partial charge in [0.1, 0.15) is 6.07 Å². The molecule has 0 saturated carbocycles. The van der Waals surface area contributed by atoms with E-state index in [1.165, 1.54) is 0 Å². The number of nitrogens with one attached hydrogen (secondary N) is 2. The molecule has 3 aromatic rings. The van der Waals surface area contributed by atoms with Gasteiger partial charge in [-0.25, -0.2) is 0 Å². The Morgan fingerprint density at radius 1 is 1.15 bits per heavy atom. The molecule has 0 saturated heterocycles. The first-order valence-corrected chi connectivity index (χ1v) is 8.47. The van der Waals surface area contributed by atoms with Crippen molar-refractivity contribution >= 4 is 22.5 Å². The van der Waals surface area contributed by atoms with E-state index in [1.54, 1.807) is 18.3 Å². The average molecular weight is 344 g/mol. The third-order valence-electron chi connectivity index (χ3n) is 4.18. The minimum absolute atomic E-state index is 0.112. The number of benzene rings is 2. The molecular formula is C21H20N4O. The number of aryl methyl sites for hydroxylation is 2. The van der Waals surface area contributed by atoms with Gasteiger partial charge in [0.25, 0.3) is 5.91 Å². The van der Waals surface area contributed by atoms with Crippen molar-refractivity contribution in [1.29, 1.82) is 5.26 Å². The van der Waals surface area contributed by atoms with Crippen molar-refractivity contribution in [2.24, 2.45) is 0 Å². The summed E-state index contributed by atoms with van der Waals surface area (Å²) in [5.74, 6) is -0.112. The molecular weight excluding hydrogens is 324 g/mol. The molecule has 1 amide bonds. The zero-order valence-corrected chi connectivity index (χ0v) is 14.8. The number of hydrogen-bond donors (Lipinski definition) is 2. The SMILES string of the molecule is Cc1cc(C)c2ncc(C#N)c(NCCNC(=O)c3ccccc3)c2c1. The van der Waals surface area contributed by atoms with Crippen LogP contribution < -0.4 is 10.6 Å². The predicted octanol–water partition coefficient (Wildman–Crippen LogP) is 3.57. The number of pyridine rings is 1. The maximum atomic E-state index is 12.1. The number of hydrogen-bond acceptors (Lipinski definition) is 4. The van der Waals surface area contributed by atoms with Gasteiger partial charge >= 0.3 is 0 Å². The molecule has 0 radical (unpaired) electrons. The van der Waals surface area contributed by atoms with E-state index in [2.05, 4.69) is 27.8 Å². The van der Waals surface area contributed by atoms with Crippen LogP contribution in [0.25, 0.3) is 10.9 Å². The summed E-state index contributed by atoms with van der Waals surface area (Å²) >= 11 is 0. The summed E-state index contributed by atoms with van der Waals surface area (Å²) < 4.78 is 0. The molecule has 0 aliphatic rings. The highest BCUT2D eigenvalue weighted by Crippen LogP contribution is 2.28. The Morgan fingerprint density at radius 2 is 1.92 bits per heavy atom. The van der Waals surface area contributed by atoms with Crippen molar-refractivity contribution < 1.29 is 4.79 Å². The van der Waals surface area contributed by atoms with Gasteiger partial charge in [0.05, 0.1) is 16.8 Å². The van der Waals surface area contributed by atoms with Crippen molar-refractivity contribution in [3.8, 4) is 6.07 Å². The third kappa shape index (κ3) is 3.65. The van der Waals surface area contributed by atoms with Gasteiger partial charge in [-0.3, -0.25) is 9.78 Å². The molecule has 26 heavy (non-hydrogen) atoms. The Bertz CT molecular complexity index is 990. The van der Waals surface area contributed by atoms with Gasteiger partial charge in [0.2, 0.25) is 0 Å². The summed E-state index contributed by atoms with van der Waals surface area (Å²) in [6.07, 6.45) is 1.59. The first-order valence-electron chi connectivity index (χ1n) is 8.47. The van der Waals surface area contributed by atoms with Crippen LogP contribution in [0.5, 0.6) is 0 Å². The lowest BCUT2D eigenvalue weighted by atomic mass is 10.0. The molecule has 0 bridgehead atoms. The zero-order valence-electron chi connectivity index (χ0n) is 14.8. The number of carbonyl (C=O) groups excluding carboxylic acids is 1. The van der Waals surface area contributed by atoms with Gasteiger partial charge in [-0.2, -0.15) is 5.26 Å². The molecule has 0 atom stereocenters. The average Bonchev–Trinajstić information content (AvgIpc) is 2.65. The molecule has 1 heterocycles. The Hall–Kier alpha value is -3.39. The van der Waals surface area contributed by atoms with Crippen LogP contribution in [0.4, 0.5) is 5.69 Å².